The van der Waals surface area contributed by atoms with Crippen LogP contribution in [0.5, 0.6) is 0 Å². The molecule has 0 radical (unpaired) electrons. The number of hydrogen-bond donors (Lipinski definition) is 0. The van der Waals surface area contributed by atoms with E-state index in [1.807, 2.05) is 13.8 Å². The van der Waals surface area contributed by atoms with Crippen molar-refractivity contribution >= 4 is 0 Å². The van der Waals surface area contributed by atoms with Crippen molar-refractivity contribution in [3.63, 3.8) is 0 Å². The van der Waals surface area contributed by atoms with Crippen LogP contribution >= 0.6 is 0 Å². The fourth-order valence-corrected chi connectivity index (χ4v) is 0.815. The van der Waals surface area contributed by atoms with Gasteiger partial charge in [-0.05, 0) is 18.8 Å². The van der Waals surface area contributed by atoms with Crippen molar-refractivity contribution in [1.29, 1.82) is 0 Å². The predicted molar refractivity (Wildman–Crippen MR) is 51.8 cm³/mol. The van der Waals surface area contributed by atoms with Gasteiger partial charge in [0, 0.05) is 13.2 Å². The summed E-state index contributed by atoms with van der Waals surface area (Å²) < 4.78 is 5.14. The fourth-order valence-electron chi connectivity index (χ4n) is 0.815. The summed E-state index contributed by atoms with van der Waals surface area (Å²) in [6.45, 7) is 14.3. The van der Waals surface area contributed by atoms with Gasteiger partial charge in [-0.25, -0.2) is 0 Å². The van der Waals surface area contributed by atoms with E-state index in [9.17, 15) is 0 Å². The molecule has 0 unspecified atom stereocenters. The molecule has 0 spiro atoms. The summed E-state index contributed by atoms with van der Waals surface area (Å²) in [6, 6.07) is 0. The van der Waals surface area contributed by atoms with Gasteiger partial charge >= 0.3 is 0 Å². The van der Waals surface area contributed by atoms with Gasteiger partial charge in [0.15, 0.2) is 0 Å². The maximum absolute atomic E-state index is 5.14. The second-order valence-corrected chi connectivity index (χ2v) is 2.29. The molecule has 0 N–H and O–H groups in total. The molecular formula is C10H22O. The van der Waals surface area contributed by atoms with Gasteiger partial charge in [0.05, 0.1) is 0 Å². The SMILES string of the molecule is C=C.CC.CC1CCOCC1. The van der Waals surface area contributed by atoms with Gasteiger partial charge in [0.1, 0.15) is 0 Å². The third-order valence-electron chi connectivity index (χ3n) is 1.51. The number of ether oxygens (including phenoxy) is 1. The average Bonchev–Trinajstić information content (AvgIpc) is 2.13. The molecule has 1 heterocycles. The fraction of sp³-hybridized carbons (Fsp3) is 0.800. The van der Waals surface area contributed by atoms with Crippen LogP contribution in [0.15, 0.2) is 13.2 Å². The van der Waals surface area contributed by atoms with Crippen LogP contribution in [-0.2, 0) is 4.74 Å². The van der Waals surface area contributed by atoms with E-state index < -0.39 is 0 Å². The molecule has 1 nitrogen and oxygen atoms in total. The molecule has 0 atom stereocenters. The minimum absolute atomic E-state index is 0.911. The van der Waals surface area contributed by atoms with Gasteiger partial charge in [-0.3, -0.25) is 0 Å². The first-order valence-corrected chi connectivity index (χ1v) is 4.47. The first-order chi connectivity index (χ1) is 5.39. The Balaban J connectivity index is 0. The van der Waals surface area contributed by atoms with E-state index in [1.54, 1.807) is 0 Å². The van der Waals surface area contributed by atoms with Crippen molar-refractivity contribution in [1.82, 2.24) is 0 Å². The highest BCUT2D eigenvalue weighted by molar-refractivity contribution is 4.55. The molecule has 0 aromatic rings. The molecule has 1 heteroatoms. The maximum Gasteiger partial charge on any atom is 0.0468 e. The molecule has 11 heavy (non-hydrogen) atoms. The molecule has 0 saturated carbocycles. The van der Waals surface area contributed by atoms with Crippen LogP contribution in [0.3, 0.4) is 0 Å². The lowest BCUT2D eigenvalue weighted by Crippen LogP contribution is -2.12. The molecule has 1 rings (SSSR count). The summed E-state index contributed by atoms with van der Waals surface area (Å²) in [4.78, 5) is 0. The van der Waals surface area contributed by atoms with E-state index in [4.69, 9.17) is 4.74 Å². The van der Waals surface area contributed by atoms with Crippen LogP contribution in [0.2, 0.25) is 0 Å². The van der Waals surface area contributed by atoms with Crippen molar-refractivity contribution in [2.24, 2.45) is 5.92 Å². The second kappa shape index (κ2) is 12.4. The lowest BCUT2D eigenvalue weighted by Gasteiger charge is -2.16. The van der Waals surface area contributed by atoms with E-state index in [-0.39, 0.29) is 0 Å². The Morgan fingerprint density at radius 1 is 1.09 bits per heavy atom. The zero-order chi connectivity index (χ0) is 9.11. The molecule has 0 bridgehead atoms. The third-order valence-corrected chi connectivity index (χ3v) is 1.51. The Hall–Kier alpha value is -0.300. The van der Waals surface area contributed by atoms with Crippen molar-refractivity contribution in [3.8, 4) is 0 Å². The smallest absolute Gasteiger partial charge is 0.0468 e. The lowest BCUT2D eigenvalue weighted by atomic mass is 10.0. The Morgan fingerprint density at radius 3 is 1.64 bits per heavy atom. The van der Waals surface area contributed by atoms with Gasteiger partial charge in [-0.2, -0.15) is 0 Å². The van der Waals surface area contributed by atoms with E-state index >= 15 is 0 Å². The van der Waals surface area contributed by atoms with E-state index in [0.717, 1.165) is 19.1 Å². The van der Waals surface area contributed by atoms with Crippen molar-refractivity contribution in [2.45, 2.75) is 33.6 Å². The van der Waals surface area contributed by atoms with Crippen LogP contribution in [0.1, 0.15) is 33.6 Å². The Bertz CT molecular complexity index is 55.9. The molecule has 0 aromatic heterocycles. The first-order valence-electron chi connectivity index (χ1n) is 4.47. The molecule has 1 fully saturated rings. The minimum Gasteiger partial charge on any atom is -0.381 e. The molecule has 1 aliphatic rings. The summed E-state index contributed by atoms with van der Waals surface area (Å²) in [7, 11) is 0. The van der Waals surface area contributed by atoms with E-state index in [1.165, 1.54) is 12.8 Å². The van der Waals surface area contributed by atoms with Crippen molar-refractivity contribution < 1.29 is 4.74 Å². The van der Waals surface area contributed by atoms with Crippen molar-refractivity contribution in [2.75, 3.05) is 13.2 Å². The van der Waals surface area contributed by atoms with Gasteiger partial charge in [0.2, 0.25) is 0 Å². The maximum atomic E-state index is 5.14. The highest BCUT2D eigenvalue weighted by Crippen LogP contribution is 2.11. The molecule has 0 aromatic carbocycles. The Kier molecular flexibility index (Phi) is 15.0. The average molecular weight is 158 g/mol. The van der Waals surface area contributed by atoms with Gasteiger partial charge in [-0.1, -0.05) is 20.8 Å². The predicted octanol–water partition coefficient (Wildman–Crippen LogP) is 3.26. The second-order valence-electron chi connectivity index (χ2n) is 2.29. The lowest BCUT2D eigenvalue weighted by molar-refractivity contribution is 0.0716. The van der Waals surface area contributed by atoms with Crippen molar-refractivity contribution in [3.05, 3.63) is 13.2 Å². The van der Waals surface area contributed by atoms with Crippen LogP contribution in [0.4, 0.5) is 0 Å². The summed E-state index contributed by atoms with van der Waals surface area (Å²) in [5, 5.41) is 0. The van der Waals surface area contributed by atoms with Crippen LogP contribution in [-0.4, -0.2) is 13.2 Å². The zero-order valence-corrected chi connectivity index (χ0v) is 8.23. The zero-order valence-electron chi connectivity index (χ0n) is 8.23. The Morgan fingerprint density at radius 2 is 1.45 bits per heavy atom. The monoisotopic (exact) mass is 158 g/mol. The minimum atomic E-state index is 0.911. The van der Waals surface area contributed by atoms with Gasteiger partial charge in [-0.15, -0.1) is 13.2 Å². The standard InChI is InChI=1S/C6H12O.C2H6.C2H4/c1-6-2-4-7-5-3-6;2*1-2/h6H,2-5H2,1H3;1-2H3;1-2H2. The molecule has 0 aliphatic carbocycles. The summed E-state index contributed by atoms with van der Waals surface area (Å²) in [5.74, 6) is 0.911. The van der Waals surface area contributed by atoms with Crippen LogP contribution < -0.4 is 0 Å². The van der Waals surface area contributed by atoms with E-state index in [2.05, 4.69) is 20.1 Å². The topological polar surface area (TPSA) is 9.23 Å². The molecule has 1 saturated heterocycles. The Labute approximate surface area is 71.5 Å². The normalized spacial score (nSPS) is 17.0. The van der Waals surface area contributed by atoms with Gasteiger partial charge in [0.25, 0.3) is 0 Å². The first kappa shape index (κ1) is 13.3. The quantitative estimate of drug-likeness (QED) is 0.492. The largest absolute Gasteiger partial charge is 0.381 e. The summed E-state index contributed by atoms with van der Waals surface area (Å²) >= 11 is 0. The third kappa shape index (κ3) is 9.70. The summed E-state index contributed by atoms with van der Waals surface area (Å²) in [5.41, 5.74) is 0. The molecule has 1 aliphatic heterocycles. The highest BCUT2D eigenvalue weighted by atomic mass is 16.5. The van der Waals surface area contributed by atoms with E-state index in [0.29, 0.717) is 0 Å². The van der Waals surface area contributed by atoms with Gasteiger partial charge < -0.3 is 4.74 Å². The summed E-state index contributed by atoms with van der Waals surface area (Å²) in [6.07, 6.45) is 2.53. The highest BCUT2D eigenvalue weighted by Gasteiger charge is 2.06. The molecular weight excluding hydrogens is 136 g/mol. The molecule has 68 valence electrons. The number of hydrogen-bond acceptors (Lipinski definition) is 1. The number of rotatable bonds is 0. The molecule has 0 amide bonds. The van der Waals surface area contributed by atoms with Crippen LogP contribution in [0, 0.1) is 5.92 Å². The van der Waals surface area contributed by atoms with Crippen LogP contribution in [0.25, 0.3) is 0 Å².